The fourth-order valence-electron chi connectivity index (χ4n) is 6.79. The van der Waals surface area contributed by atoms with E-state index in [9.17, 15) is 33.8 Å². The first-order valence-electron chi connectivity index (χ1n) is 20.8. The van der Waals surface area contributed by atoms with Gasteiger partial charge in [0.15, 0.2) is 0 Å². The zero-order chi connectivity index (χ0) is 42.4. The number of nitrogens with zero attached hydrogens (tertiary/aromatic N) is 3. The Morgan fingerprint density at radius 1 is 0.793 bits per heavy atom. The molecule has 1 amide bonds. The standard InChI is InChI=1S/C20H29N3O4.C13H18N2O2.C7H13NO3.CH3F.CH4/c1-2-27-18(25)12-20(26)13-23(14-20)17(24)8-4-3-7-16-10-9-15-6-5-11-21-19(15)22-16;16-12(17)6-2-1-5-11-8-7-10-4-3-9-14-13(10)15-11;1-2-11-6(9)3-7(10)4-8-5-7;1-2;/h9-10,26H,2-8,11-14H2,1H3,(H,21,22);7-8H,1-6,9H2,(H,14,15)(H,16,17);8,10H,2-5H2,1H3;1H3;1H4/i;;;1D;. The molecule has 6 N–H and O–H groups in total. The molecule has 2 aromatic rings. The van der Waals surface area contributed by atoms with Gasteiger partial charge in [0.2, 0.25) is 5.91 Å². The third kappa shape index (κ3) is 17.2. The van der Waals surface area contributed by atoms with Crippen LogP contribution in [0.3, 0.4) is 0 Å². The molecule has 0 bridgehead atoms. The molecule has 4 aliphatic heterocycles. The molecule has 4 aliphatic rings. The van der Waals surface area contributed by atoms with Gasteiger partial charge in [-0.2, -0.15) is 0 Å². The number of nitrogens with one attached hydrogen (secondary N) is 3. The van der Waals surface area contributed by atoms with Crippen LogP contribution in [0, 0.1) is 0 Å². The first-order chi connectivity index (χ1) is 27.8. The van der Waals surface area contributed by atoms with Crippen LogP contribution in [0.1, 0.15) is 109 Å². The minimum Gasteiger partial charge on any atom is -0.481 e. The number of esters is 2. The molecule has 2 saturated heterocycles. The summed E-state index contributed by atoms with van der Waals surface area (Å²) in [4.78, 5) is 55.7. The number of hydrogen-bond acceptors (Lipinski definition) is 13. The number of aliphatic hydroxyl groups is 2. The summed E-state index contributed by atoms with van der Waals surface area (Å²) in [6, 6.07) is 8.44. The summed E-state index contributed by atoms with van der Waals surface area (Å²) in [5.74, 6) is 0.604. The van der Waals surface area contributed by atoms with Crippen LogP contribution in [0.5, 0.6) is 0 Å². The second-order valence-electron chi connectivity index (χ2n) is 14.8. The number of fused-ring (bicyclic) bond motifs is 2. The number of amides is 1. The quantitative estimate of drug-likeness (QED) is 0.102. The lowest BCUT2D eigenvalue weighted by Gasteiger charge is -2.46. The van der Waals surface area contributed by atoms with Gasteiger partial charge >= 0.3 is 17.9 Å². The first kappa shape index (κ1) is 48.0. The van der Waals surface area contributed by atoms with E-state index in [1.54, 1.807) is 18.7 Å². The largest absolute Gasteiger partial charge is 0.481 e. The third-order valence-corrected chi connectivity index (χ3v) is 9.84. The van der Waals surface area contributed by atoms with Crippen LogP contribution in [-0.4, -0.2) is 125 Å². The molecule has 326 valence electrons. The van der Waals surface area contributed by atoms with Gasteiger partial charge in [-0.15, -0.1) is 0 Å². The van der Waals surface area contributed by atoms with Gasteiger partial charge in [0, 0.05) is 50.4 Å². The van der Waals surface area contributed by atoms with E-state index in [1.165, 1.54) is 17.5 Å². The third-order valence-electron chi connectivity index (χ3n) is 9.84. The monoisotopic (exact) mass is 820 g/mol. The van der Waals surface area contributed by atoms with Crippen molar-refractivity contribution in [2.45, 2.75) is 122 Å². The van der Waals surface area contributed by atoms with Crippen molar-refractivity contribution < 1.29 is 49.7 Å². The summed E-state index contributed by atoms with van der Waals surface area (Å²) in [5, 5.41) is 37.8. The first-order valence-corrected chi connectivity index (χ1v) is 20.1. The lowest BCUT2D eigenvalue weighted by Crippen LogP contribution is -2.64. The number of anilines is 2. The molecular formula is C42H67FN6O9. The predicted octanol–water partition coefficient (Wildman–Crippen LogP) is 4.41. The van der Waals surface area contributed by atoms with Crippen molar-refractivity contribution in [3.63, 3.8) is 0 Å². The van der Waals surface area contributed by atoms with Gasteiger partial charge in [-0.05, 0) is 101 Å². The normalized spacial score (nSPS) is 16.4. The minimum atomic E-state index is -1.12. The fourth-order valence-corrected chi connectivity index (χ4v) is 6.79. The molecule has 0 aliphatic carbocycles. The molecule has 0 saturated carbocycles. The molecule has 6 rings (SSSR count). The summed E-state index contributed by atoms with van der Waals surface area (Å²) < 4.78 is 25.0. The van der Waals surface area contributed by atoms with Crippen LogP contribution in [0.25, 0.3) is 0 Å². The van der Waals surface area contributed by atoms with Crippen molar-refractivity contribution in [3.05, 3.63) is 46.8 Å². The van der Waals surface area contributed by atoms with Crippen LogP contribution in [0.15, 0.2) is 24.3 Å². The Balaban J connectivity index is 0.000000320. The molecule has 2 fully saturated rings. The smallest absolute Gasteiger partial charge is 0.308 e. The number of alkyl halides is 1. The maximum absolute atomic E-state index is 12.2. The number of aliphatic carboxylic acids is 1. The summed E-state index contributed by atoms with van der Waals surface area (Å²) >= 11 is 0. The van der Waals surface area contributed by atoms with Crippen LogP contribution < -0.4 is 16.0 Å². The van der Waals surface area contributed by atoms with Crippen LogP contribution in [0.2, 0.25) is 0 Å². The highest BCUT2D eigenvalue weighted by molar-refractivity contribution is 5.78. The van der Waals surface area contributed by atoms with Crippen molar-refractivity contribution in [3.8, 4) is 0 Å². The number of β-amino-alcohol motifs (C(OH)–C–C–N with tert-alkyl or cyclic N) is 2. The van der Waals surface area contributed by atoms with Gasteiger partial charge in [-0.25, -0.2) is 9.97 Å². The highest BCUT2D eigenvalue weighted by Crippen LogP contribution is 2.27. The van der Waals surface area contributed by atoms with E-state index in [2.05, 4.69) is 54.9 Å². The van der Waals surface area contributed by atoms with E-state index in [-0.39, 0.29) is 51.7 Å². The second kappa shape index (κ2) is 25.8. The van der Waals surface area contributed by atoms with E-state index in [4.69, 9.17) is 11.2 Å². The number of likely N-dealkylation sites (tertiary alicyclic amines) is 1. The SMILES string of the molecule is C.CCOC(=O)CC1(O)CN(C(=O)CCCCc2ccc3c(n2)NCCC3)C1.CCOC(=O)CC1(O)CNC1.O=C(O)CCCCc1ccc2c(n1)NCCC2.[2H]CF. The average Bonchev–Trinajstić information content (AvgIpc) is 3.17. The highest BCUT2D eigenvalue weighted by atomic mass is 19.1. The lowest BCUT2D eigenvalue weighted by atomic mass is 9.90. The molecule has 0 spiro atoms. The zero-order valence-electron chi connectivity index (χ0n) is 34.6. The van der Waals surface area contributed by atoms with E-state index in [0.717, 1.165) is 93.9 Å². The van der Waals surface area contributed by atoms with Crippen LogP contribution in [-0.2, 0) is 54.3 Å². The number of unbranched alkanes of at least 4 members (excludes halogenated alkanes) is 2. The van der Waals surface area contributed by atoms with Gasteiger partial charge in [0.1, 0.15) is 17.2 Å². The molecule has 15 nitrogen and oxygen atoms in total. The average molecular weight is 820 g/mol. The maximum Gasteiger partial charge on any atom is 0.308 e. The van der Waals surface area contributed by atoms with Crippen molar-refractivity contribution in [1.29, 1.82) is 0 Å². The molecule has 0 unspecified atom stereocenters. The number of hydrogen-bond donors (Lipinski definition) is 6. The van der Waals surface area contributed by atoms with Gasteiger partial charge < -0.3 is 45.6 Å². The molecule has 0 radical (unpaired) electrons. The topological polar surface area (TPSA) is 213 Å². The molecule has 16 heteroatoms. The number of ether oxygens (including phenoxy) is 2. The van der Waals surface area contributed by atoms with Crippen molar-refractivity contribution >= 4 is 35.5 Å². The fraction of sp³-hybridized carbons (Fsp3) is 0.667. The number of carboxylic acid groups (broad SMARTS) is 1. The summed E-state index contributed by atoms with van der Waals surface area (Å²) in [7, 11) is -1.00. The molecule has 58 heavy (non-hydrogen) atoms. The van der Waals surface area contributed by atoms with Crippen LogP contribution in [0.4, 0.5) is 16.0 Å². The minimum absolute atomic E-state index is 0. The number of pyridine rings is 2. The maximum atomic E-state index is 12.2. The Bertz CT molecular complexity index is 1610. The Morgan fingerprint density at radius 3 is 1.69 bits per heavy atom. The molecule has 0 aromatic carbocycles. The van der Waals surface area contributed by atoms with Gasteiger partial charge in [-0.1, -0.05) is 19.6 Å². The Hall–Kier alpha value is -4.41. The number of carbonyl (C=O) groups is 4. The number of aromatic nitrogens is 2. The number of halogens is 1. The van der Waals surface area contributed by atoms with Crippen molar-refractivity contribution in [2.24, 2.45) is 0 Å². The zero-order valence-corrected chi connectivity index (χ0v) is 33.6. The number of carbonyl (C=O) groups excluding carboxylic acids is 3. The molecule has 2 aromatic heterocycles. The molecule has 0 atom stereocenters. The number of rotatable bonds is 16. The molecule has 6 heterocycles. The number of carboxylic acids is 1. The Kier molecular flexibility index (Phi) is 21.4. The highest BCUT2D eigenvalue weighted by Gasteiger charge is 2.45. The number of aryl methyl sites for hydroxylation is 4. The van der Waals surface area contributed by atoms with Crippen LogP contribution >= 0.6 is 0 Å². The van der Waals surface area contributed by atoms with E-state index < -0.39 is 30.3 Å². The second-order valence-corrected chi connectivity index (χ2v) is 14.8. The van der Waals surface area contributed by atoms with Gasteiger partial charge in [-0.3, -0.25) is 23.6 Å². The van der Waals surface area contributed by atoms with E-state index in [1.807, 2.05) is 0 Å². The van der Waals surface area contributed by atoms with Gasteiger partial charge in [0.25, 0.3) is 0 Å². The summed E-state index contributed by atoms with van der Waals surface area (Å²) in [5.41, 5.74) is 2.74. The summed E-state index contributed by atoms with van der Waals surface area (Å²) in [6.45, 7) is 7.55. The lowest BCUT2D eigenvalue weighted by molar-refractivity contribution is -0.168. The van der Waals surface area contributed by atoms with Crippen molar-refractivity contribution in [1.82, 2.24) is 20.2 Å². The molecular weight excluding hydrogens is 751 g/mol. The Labute approximate surface area is 344 Å². The Morgan fingerprint density at radius 2 is 1.26 bits per heavy atom. The van der Waals surface area contributed by atoms with Crippen molar-refractivity contribution in [2.75, 3.05) is 70.3 Å². The van der Waals surface area contributed by atoms with Gasteiger partial charge in [0.05, 0.1) is 53.3 Å². The summed E-state index contributed by atoms with van der Waals surface area (Å²) in [6.07, 6.45) is 10.3. The van der Waals surface area contributed by atoms with E-state index >= 15 is 0 Å². The predicted molar refractivity (Wildman–Crippen MR) is 220 cm³/mol. The van der Waals surface area contributed by atoms with E-state index in [0.29, 0.717) is 32.7 Å².